The zero-order valence-corrected chi connectivity index (χ0v) is 16.0. The van der Waals surface area contributed by atoms with Crippen LogP contribution in [0.15, 0.2) is 48.7 Å². The minimum absolute atomic E-state index is 0.0498. The highest BCUT2D eigenvalue weighted by Gasteiger charge is 2.12. The quantitative estimate of drug-likeness (QED) is 0.406. The average Bonchev–Trinajstić information content (AvgIpc) is 3.16. The number of nitrogens with one attached hydrogen (secondary N) is 2. The molecule has 1 heterocycles. The van der Waals surface area contributed by atoms with Gasteiger partial charge in [-0.1, -0.05) is 6.07 Å². The number of H-pyrrole nitrogens is 1. The molecule has 0 fully saturated rings. The van der Waals surface area contributed by atoms with Crippen LogP contribution >= 0.6 is 0 Å². The highest BCUT2D eigenvalue weighted by atomic mass is 16.5. The van der Waals surface area contributed by atoms with Crippen molar-refractivity contribution in [3.63, 3.8) is 0 Å². The van der Waals surface area contributed by atoms with E-state index >= 15 is 0 Å². The number of anilines is 2. The van der Waals surface area contributed by atoms with Crippen LogP contribution in [0.2, 0.25) is 0 Å². The summed E-state index contributed by atoms with van der Waals surface area (Å²) < 4.78 is 11.5. The summed E-state index contributed by atoms with van der Waals surface area (Å²) in [5.41, 5.74) is 2.86. The Kier molecular flexibility index (Phi) is 7.13. The van der Waals surface area contributed by atoms with E-state index in [0.717, 1.165) is 22.3 Å². The molecular weight excluding hydrogens is 358 g/mol. The van der Waals surface area contributed by atoms with E-state index in [9.17, 15) is 0 Å². The van der Waals surface area contributed by atoms with E-state index in [4.69, 9.17) is 19.7 Å². The van der Waals surface area contributed by atoms with Gasteiger partial charge in [0.2, 0.25) is 0 Å². The van der Waals surface area contributed by atoms with Crippen LogP contribution in [0.3, 0.4) is 0 Å². The zero-order valence-electron chi connectivity index (χ0n) is 16.0. The summed E-state index contributed by atoms with van der Waals surface area (Å²) in [7, 11) is 1.62. The molecule has 3 rings (SSSR count). The van der Waals surface area contributed by atoms with E-state index in [0.29, 0.717) is 37.7 Å². The number of methoxy groups -OCH3 is 1. The average molecular weight is 385 g/mol. The number of hydrogen-bond acceptors (Lipinski definition) is 6. The molecule has 0 bridgehead atoms. The third-order valence-electron chi connectivity index (χ3n) is 4.51. The van der Waals surface area contributed by atoms with E-state index < -0.39 is 0 Å². The second-order valence-corrected chi connectivity index (χ2v) is 6.38. The normalized spacial score (nSPS) is 11.1. The van der Waals surface area contributed by atoms with Crippen molar-refractivity contribution in [2.75, 3.05) is 51.9 Å². The number of aromatic amines is 1. The van der Waals surface area contributed by atoms with Gasteiger partial charge in [-0.05, 0) is 36.4 Å². The Balaban J connectivity index is 1.69. The zero-order chi connectivity index (χ0) is 19.8. The molecule has 0 aliphatic carbocycles. The van der Waals surface area contributed by atoms with Crippen LogP contribution in [0, 0.1) is 0 Å². The monoisotopic (exact) mass is 385 g/mol. The number of nitrogens with zero attached hydrogens (tertiary/aromatic N) is 1. The van der Waals surface area contributed by atoms with E-state index in [1.807, 2.05) is 47.5 Å². The fraction of sp³-hybridized carbons (Fsp3) is 0.333. The molecule has 0 aliphatic heterocycles. The largest absolute Gasteiger partial charge is 0.491 e. The van der Waals surface area contributed by atoms with E-state index in [1.54, 1.807) is 7.11 Å². The van der Waals surface area contributed by atoms with Gasteiger partial charge in [-0.2, -0.15) is 0 Å². The number of aliphatic hydroxyl groups excluding tert-OH is 2. The molecular formula is C21H27N3O4. The molecule has 0 spiro atoms. The molecule has 3 aromatic rings. The van der Waals surface area contributed by atoms with Gasteiger partial charge in [0, 0.05) is 42.4 Å². The Hall–Kier alpha value is -2.74. The number of para-hydroxylation sites is 1. The topological polar surface area (TPSA) is 90.0 Å². The smallest absolute Gasteiger partial charge is 0.184 e. The first-order chi connectivity index (χ1) is 13.7. The lowest BCUT2D eigenvalue weighted by molar-refractivity contribution is 0.140. The van der Waals surface area contributed by atoms with Crippen molar-refractivity contribution in [2.24, 2.45) is 0 Å². The van der Waals surface area contributed by atoms with Crippen LogP contribution in [0.5, 0.6) is 11.5 Å². The number of hydrogen-bond donors (Lipinski definition) is 4. The molecule has 2 aromatic carbocycles. The highest BCUT2D eigenvalue weighted by molar-refractivity contribution is 5.84. The predicted octanol–water partition coefficient (Wildman–Crippen LogP) is 2.59. The Morgan fingerprint density at radius 2 is 1.86 bits per heavy atom. The molecule has 7 nitrogen and oxygen atoms in total. The van der Waals surface area contributed by atoms with E-state index in [-0.39, 0.29) is 13.2 Å². The van der Waals surface area contributed by atoms with Crippen LogP contribution in [-0.2, 0) is 0 Å². The maximum Gasteiger partial charge on any atom is 0.184 e. The minimum Gasteiger partial charge on any atom is -0.491 e. The fourth-order valence-corrected chi connectivity index (χ4v) is 3.13. The summed E-state index contributed by atoms with van der Waals surface area (Å²) in [6, 6.07) is 13.9. The molecule has 0 aliphatic rings. The number of fused-ring (bicyclic) bond motifs is 1. The predicted molar refractivity (Wildman–Crippen MR) is 111 cm³/mol. The van der Waals surface area contributed by atoms with Crippen LogP contribution in [-0.4, -0.2) is 66.7 Å². The summed E-state index contributed by atoms with van der Waals surface area (Å²) >= 11 is 0. The number of ether oxygens (including phenoxy) is 2. The molecule has 0 radical (unpaired) electrons. The fourth-order valence-electron chi connectivity index (χ4n) is 3.13. The molecule has 0 unspecified atom stereocenters. The van der Waals surface area contributed by atoms with Crippen molar-refractivity contribution in [1.29, 1.82) is 0 Å². The molecule has 0 saturated carbocycles. The van der Waals surface area contributed by atoms with E-state index in [1.165, 1.54) is 0 Å². The Labute approximate surface area is 164 Å². The van der Waals surface area contributed by atoms with Crippen LogP contribution in [0.25, 0.3) is 10.9 Å². The van der Waals surface area contributed by atoms with Crippen LogP contribution in [0.1, 0.15) is 0 Å². The van der Waals surface area contributed by atoms with Gasteiger partial charge in [-0.15, -0.1) is 0 Å². The van der Waals surface area contributed by atoms with Gasteiger partial charge in [0.1, 0.15) is 6.61 Å². The number of aliphatic hydroxyl groups is 2. The standard InChI is InChI=1S/C21H27N3O4/c1-27-21-19(23-17-5-6-18-16(15-17)7-8-22-18)3-2-4-20(21)28-14-11-24(9-12-25)10-13-26/h2-8,15,22-23,25-26H,9-14H2,1H3. The first-order valence-corrected chi connectivity index (χ1v) is 9.33. The summed E-state index contributed by atoms with van der Waals surface area (Å²) in [5, 5.41) is 22.7. The van der Waals surface area contributed by atoms with Crippen molar-refractivity contribution < 1.29 is 19.7 Å². The van der Waals surface area contributed by atoms with Gasteiger partial charge in [-0.3, -0.25) is 4.90 Å². The number of aromatic nitrogens is 1. The maximum atomic E-state index is 9.10. The van der Waals surface area contributed by atoms with Crippen molar-refractivity contribution in [3.05, 3.63) is 48.7 Å². The van der Waals surface area contributed by atoms with Crippen molar-refractivity contribution in [3.8, 4) is 11.5 Å². The molecule has 0 saturated heterocycles. The summed E-state index contributed by atoms with van der Waals surface area (Å²) in [6.45, 7) is 2.14. The van der Waals surface area contributed by atoms with Crippen molar-refractivity contribution >= 4 is 22.3 Å². The lowest BCUT2D eigenvalue weighted by atomic mass is 10.2. The third kappa shape index (κ3) is 4.95. The number of rotatable bonds is 11. The first kappa shape index (κ1) is 20.0. The van der Waals surface area contributed by atoms with Crippen molar-refractivity contribution in [2.45, 2.75) is 0 Å². The van der Waals surface area contributed by atoms with Gasteiger partial charge >= 0.3 is 0 Å². The SMILES string of the molecule is COc1c(Nc2ccc3[nH]ccc3c2)cccc1OCCN(CCO)CCO. The number of benzene rings is 2. The van der Waals surface area contributed by atoms with E-state index in [2.05, 4.69) is 16.4 Å². The minimum atomic E-state index is 0.0498. The van der Waals surface area contributed by atoms with Gasteiger partial charge in [0.05, 0.1) is 26.0 Å². The van der Waals surface area contributed by atoms with Crippen LogP contribution in [0.4, 0.5) is 11.4 Å². The summed E-state index contributed by atoms with van der Waals surface area (Å²) in [5.74, 6) is 1.27. The Bertz CT molecular complexity index is 875. The Morgan fingerprint density at radius 1 is 1.04 bits per heavy atom. The van der Waals surface area contributed by atoms with Gasteiger partial charge in [-0.25, -0.2) is 0 Å². The maximum absolute atomic E-state index is 9.10. The molecule has 4 N–H and O–H groups in total. The highest BCUT2D eigenvalue weighted by Crippen LogP contribution is 2.37. The van der Waals surface area contributed by atoms with Crippen molar-refractivity contribution in [1.82, 2.24) is 9.88 Å². The second-order valence-electron chi connectivity index (χ2n) is 6.38. The first-order valence-electron chi connectivity index (χ1n) is 9.33. The molecule has 7 heteroatoms. The molecule has 0 atom stereocenters. The lowest BCUT2D eigenvalue weighted by Crippen LogP contribution is -2.33. The molecule has 1 aromatic heterocycles. The molecule has 150 valence electrons. The van der Waals surface area contributed by atoms with Gasteiger partial charge in [0.15, 0.2) is 11.5 Å². The Morgan fingerprint density at radius 3 is 2.61 bits per heavy atom. The molecule has 28 heavy (non-hydrogen) atoms. The summed E-state index contributed by atoms with van der Waals surface area (Å²) in [4.78, 5) is 5.13. The van der Waals surface area contributed by atoms with Gasteiger partial charge < -0.3 is 30.0 Å². The second kappa shape index (κ2) is 9.98. The van der Waals surface area contributed by atoms with Gasteiger partial charge in [0.25, 0.3) is 0 Å². The molecule has 0 amide bonds. The third-order valence-corrected chi connectivity index (χ3v) is 4.51. The van der Waals surface area contributed by atoms with Crippen LogP contribution < -0.4 is 14.8 Å². The summed E-state index contributed by atoms with van der Waals surface area (Å²) in [6.07, 6.45) is 1.92. The lowest BCUT2D eigenvalue weighted by Gasteiger charge is -2.21.